The minimum absolute atomic E-state index is 0.0271. The molecule has 0 amide bonds. The Morgan fingerprint density at radius 1 is 1.42 bits per heavy atom. The molecule has 0 atom stereocenters. The molecule has 0 bridgehead atoms. The lowest BCUT2D eigenvalue weighted by Gasteiger charge is -2.09. The maximum absolute atomic E-state index is 11.0. The summed E-state index contributed by atoms with van der Waals surface area (Å²) in [6, 6.07) is 0. The number of nitrogens with zero attached hydrogens (tertiary/aromatic N) is 3. The van der Waals surface area contributed by atoms with Crippen molar-refractivity contribution in [2.45, 2.75) is 40.5 Å². The molecular weight excluding hydrogens is 242 g/mol. The molecule has 0 spiro atoms. The number of aliphatic carboxylic acids is 1. The predicted octanol–water partition coefficient (Wildman–Crippen LogP) is 2.17. The van der Waals surface area contributed by atoms with Gasteiger partial charge in [-0.15, -0.1) is 0 Å². The molecule has 0 unspecified atom stereocenters. The molecule has 0 saturated heterocycles. The van der Waals surface area contributed by atoms with Gasteiger partial charge in [0.15, 0.2) is 0 Å². The number of carbonyl (C=O) groups is 1. The number of imidazole rings is 1. The van der Waals surface area contributed by atoms with Crippen molar-refractivity contribution in [3.05, 3.63) is 29.0 Å². The summed E-state index contributed by atoms with van der Waals surface area (Å²) in [6.07, 6.45) is 2.71. The third-order valence-electron chi connectivity index (χ3n) is 3.14. The Labute approximate surface area is 112 Å². The van der Waals surface area contributed by atoms with Crippen LogP contribution in [0.5, 0.6) is 0 Å². The van der Waals surface area contributed by atoms with Crippen molar-refractivity contribution in [3.8, 4) is 0 Å². The maximum Gasteiger partial charge on any atom is 0.309 e. The molecule has 0 aromatic carbocycles. The molecule has 5 nitrogen and oxygen atoms in total. The van der Waals surface area contributed by atoms with Gasteiger partial charge in [-0.2, -0.15) is 0 Å². The van der Waals surface area contributed by atoms with Gasteiger partial charge in [0.2, 0.25) is 0 Å². The number of aryl methyl sites for hydroxylation is 2. The van der Waals surface area contributed by atoms with Crippen molar-refractivity contribution in [1.82, 2.24) is 14.4 Å². The molecule has 2 heterocycles. The van der Waals surface area contributed by atoms with E-state index >= 15 is 0 Å². The topological polar surface area (TPSA) is 67.5 Å². The standard InChI is InChI=1S/C14H19N3O2/c1-8(2)5-11-7-15-10(4)17-12(6-13(18)19)9(3)16-14(11)17/h7-8H,5-6H2,1-4H3,(H,18,19). The number of fused-ring (bicyclic) bond motifs is 1. The van der Waals surface area contributed by atoms with Crippen LogP contribution in [0.3, 0.4) is 0 Å². The zero-order valence-electron chi connectivity index (χ0n) is 11.8. The fraction of sp³-hybridized carbons (Fsp3) is 0.500. The second-order valence-corrected chi connectivity index (χ2v) is 5.30. The molecule has 102 valence electrons. The van der Waals surface area contributed by atoms with Gasteiger partial charge < -0.3 is 5.11 Å². The monoisotopic (exact) mass is 261 g/mol. The summed E-state index contributed by atoms with van der Waals surface area (Å²) < 4.78 is 1.88. The van der Waals surface area contributed by atoms with E-state index in [-0.39, 0.29) is 6.42 Å². The summed E-state index contributed by atoms with van der Waals surface area (Å²) in [7, 11) is 0. The molecule has 2 aromatic heterocycles. The lowest BCUT2D eigenvalue weighted by molar-refractivity contribution is -0.136. The van der Waals surface area contributed by atoms with E-state index in [9.17, 15) is 4.79 Å². The van der Waals surface area contributed by atoms with E-state index in [2.05, 4.69) is 23.8 Å². The van der Waals surface area contributed by atoms with Crippen LogP contribution in [0.15, 0.2) is 6.20 Å². The molecule has 2 aromatic rings. The molecule has 0 saturated carbocycles. The minimum Gasteiger partial charge on any atom is -0.481 e. The van der Waals surface area contributed by atoms with E-state index in [1.165, 1.54) is 0 Å². The first kappa shape index (κ1) is 13.5. The highest BCUT2D eigenvalue weighted by atomic mass is 16.4. The van der Waals surface area contributed by atoms with Crippen LogP contribution in [0.2, 0.25) is 0 Å². The van der Waals surface area contributed by atoms with Crippen molar-refractivity contribution in [2.75, 3.05) is 0 Å². The highest BCUT2D eigenvalue weighted by molar-refractivity contribution is 5.71. The Hall–Kier alpha value is -1.91. The van der Waals surface area contributed by atoms with Crippen LogP contribution in [-0.4, -0.2) is 25.4 Å². The Balaban J connectivity index is 2.65. The van der Waals surface area contributed by atoms with Crippen LogP contribution in [-0.2, 0) is 17.6 Å². The SMILES string of the molecule is Cc1nc2c(CC(C)C)cnc(C)n2c1CC(=O)O. The number of aromatic nitrogens is 3. The van der Waals surface area contributed by atoms with E-state index in [1.54, 1.807) is 0 Å². The quantitative estimate of drug-likeness (QED) is 0.916. The first-order valence-corrected chi connectivity index (χ1v) is 6.44. The number of hydrogen-bond donors (Lipinski definition) is 1. The summed E-state index contributed by atoms with van der Waals surface area (Å²) in [4.78, 5) is 19.9. The zero-order valence-corrected chi connectivity index (χ0v) is 11.8. The maximum atomic E-state index is 11.0. The van der Waals surface area contributed by atoms with Crippen LogP contribution in [0.1, 0.15) is 36.6 Å². The third-order valence-corrected chi connectivity index (χ3v) is 3.14. The van der Waals surface area contributed by atoms with Crippen LogP contribution in [0.25, 0.3) is 5.65 Å². The van der Waals surface area contributed by atoms with Gasteiger partial charge in [-0.3, -0.25) is 9.20 Å². The lowest BCUT2D eigenvalue weighted by Crippen LogP contribution is -2.09. The van der Waals surface area contributed by atoms with Crippen molar-refractivity contribution < 1.29 is 9.90 Å². The highest BCUT2D eigenvalue weighted by Gasteiger charge is 2.17. The third kappa shape index (κ3) is 2.59. The van der Waals surface area contributed by atoms with Crippen molar-refractivity contribution in [2.24, 2.45) is 5.92 Å². The summed E-state index contributed by atoms with van der Waals surface area (Å²) in [6.45, 7) is 8.01. The largest absolute Gasteiger partial charge is 0.481 e. The van der Waals surface area contributed by atoms with E-state index in [1.807, 2.05) is 24.4 Å². The van der Waals surface area contributed by atoms with Crippen molar-refractivity contribution in [3.63, 3.8) is 0 Å². The van der Waals surface area contributed by atoms with Crippen LogP contribution in [0.4, 0.5) is 0 Å². The van der Waals surface area contributed by atoms with Gasteiger partial charge in [0.05, 0.1) is 17.8 Å². The van der Waals surface area contributed by atoms with Gasteiger partial charge in [-0.25, -0.2) is 9.97 Å². The fourth-order valence-electron chi connectivity index (χ4n) is 2.35. The van der Waals surface area contributed by atoms with E-state index in [0.29, 0.717) is 5.92 Å². The smallest absolute Gasteiger partial charge is 0.309 e. The number of hydrogen-bond acceptors (Lipinski definition) is 3. The zero-order chi connectivity index (χ0) is 14.2. The normalized spacial score (nSPS) is 11.4. The molecule has 0 radical (unpaired) electrons. The molecule has 2 rings (SSSR count). The summed E-state index contributed by atoms with van der Waals surface area (Å²) in [5.41, 5.74) is 3.40. The predicted molar refractivity (Wildman–Crippen MR) is 72.3 cm³/mol. The summed E-state index contributed by atoms with van der Waals surface area (Å²) in [5, 5.41) is 9.01. The molecule has 0 aliphatic rings. The van der Waals surface area contributed by atoms with E-state index in [0.717, 1.165) is 34.8 Å². The highest BCUT2D eigenvalue weighted by Crippen LogP contribution is 2.20. The number of carboxylic acids is 1. The fourth-order valence-corrected chi connectivity index (χ4v) is 2.35. The van der Waals surface area contributed by atoms with E-state index in [4.69, 9.17) is 5.11 Å². The van der Waals surface area contributed by atoms with Crippen molar-refractivity contribution in [1.29, 1.82) is 0 Å². The Morgan fingerprint density at radius 3 is 2.68 bits per heavy atom. The molecule has 0 aliphatic heterocycles. The number of carboxylic acid groups (broad SMARTS) is 1. The molecule has 1 N–H and O–H groups in total. The van der Waals surface area contributed by atoms with Crippen LogP contribution in [0, 0.1) is 19.8 Å². The molecule has 0 fully saturated rings. The summed E-state index contributed by atoms with van der Waals surface area (Å²) >= 11 is 0. The minimum atomic E-state index is -0.849. The van der Waals surface area contributed by atoms with Crippen LogP contribution < -0.4 is 0 Å². The van der Waals surface area contributed by atoms with Gasteiger partial charge in [-0.05, 0) is 26.2 Å². The number of rotatable bonds is 4. The van der Waals surface area contributed by atoms with Gasteiger partial charge in [-0.1, -0.05) is 13.8 Å². The summed E-state index contributed by atoms with van der Waals surface area (Å²) in [5.74, 6) is 0.436. The van der Waals surface area contributed by atoms with Crippen LogP contribution >= 0.6 is 0 Å². The van der Waals surface area contributed by atoms with Gasteiger partial charge in [0, 0.05) is 11.8 Å². The Morgan fingerprint density at radius 2 is 2.11 bits per heavy atom. The van der Waals surface area contributed by atoms with Crippen molar-refractivity contribution >= 4 is 11.6 Å². The van der Waals surface area contributed by atoms with Gasteiger partial charge in [0.25, 0.3) is 0 Å². The second-order valence-electron chi connectivity index (χ2n) is 5.30. The Bertz CT molecular complexity index is 629. The lowest BCUT2D eigenvalue weighted by atomic mass is 10.1. The first-order chi connectivity index (χ1) is 8.90. The molecular formula is C14H19N3O2. The first-order valence-electron chi connectivity index (χ1n) is 6.44. The average molecular weight is 261 g/mol. The molecule has 19 heavy (non-hydrogen) atoms. The molecule has 0 aliphatic carbocycles. The van der Waals surface area contributed by atoms with Gasteiger partial charge >= 0.3 is 5.97 Å². The second kappa shape index (κ2) is 4.99. The Kier molecular flexibility index (Phi) is 3.55. The van der Waals surface area contributed by atoms with Gasteiger partial charge in [0.1, 0.15) is 11.5 Å². The van der Waals surface area contributed by atoms with E-state index < -0.39 is 5.97 Å². The average Bonchev–Trinajstić information content (AvgIpc) is 2.60. The molecule has 5 heteroatoms.